The number of ether oxygens (including phenoxy) is 2. The van der Waals surface area contributed by atoms with E-state index in [4.69, 9.17) is 21.1 Å². The number of likely N-dealkylation sites (tertiary alicyclic amines) is 1. The minimum Gasteiger partial charge on any atom is -0.507 e. The maximum atomic E-state index is 13.2. The van der Waals surface area contributed by atoms with Gasteiger partial charge >= 0.3 is 0 Å². The van der Waals surface area contributed by atoms with Crippen molar-refractivity contribution in [2.45, 2.75) is 26.8 Å². The third-order valence-corrected chi connectivity index (χ3v) is 6.41. The highest BCUT2D eigenvalue weighted by molar-refractivity contribution is 6.46. The van der Waals surface area contributed by atoms with E-state index < -0.39 is 17.7 Å². The van der Waals surface area contributed by atoms with Gasteiger partial charge in [-0.1, -0.05) is 31.5 Å². The first-order chi connectivity index (χ1) is 16.8. The summed E-state index contributed by atoms with van der Waals surface area (Å²) in [6.07, 6.45) is 0. The van der Waals surface area contributed by atoms with E-state index in [0.717, 1.165) is 13.1 Å². The van der Waals surface area contributed by atoms with E-state index in [-0.39, 0.29) is 40.0 Å². The van der Waals surface area contributed by atoms with Gasteiger partial charge in [-0.05, 0) is 55.9 Å². The number of amides is 1. The number of carbonyl (C=O) groups excluding carboxylic acids is 2. The molecule has 0 unspecified atom stereocenters. The van der Waals surface area contributed by atoms with Crippen LogP contribution < -0.4 is 9.47 Å². The molecule has 2 aromatic rings. The first-order valence-electron chi connectivity index (χ1n) is 11.6. The van der Waals surface area contributed by atoms with Gasteiger partial charge in [-0.3, -0.25) is 9.59 Å². The van der Waals surface area contributed by atoms with Crippen molar-refractivity contribution >= 4 is 29.1 Å². The van der Waals surface area contributed by atoms with Crippen LogP contribution in [0.4, 0.5) is 0 Å². The fourth-order valence-corrected chi connectivity index (χ4v) is 4.42. The van der Waals surface area contributed by atoms with Crippen molar-refractivity contribution in [2.24, 2.45) is 0 Å². The molecule has 3 rings (SSSR count). The van der Waals surface area contributed by atoms with Gasteiger partial charge in [0.15, 0.2) is 11.5 Å². The molecule has 1 aliphatic heterocycles. The zero-order valence-corrected chi connectivity index (χ0v) is 21.1. The summed E-state index contributed by atoms with van der Waals surface area (Å²) in [6, 6.07) is 8.43. The van der Waals surface area contributed by atoms with Crippen LogP contribution in [0.1, 0.15) is 37.9 Å². The summed E-state index contributed by atoms with van der Waals surface area (Å²) in [7, 11) is 1.41. The number of aromatic hydroxyl groups is 1. The summed E-state index contributed by atoms with van der Waals surface area (Å²) in [4.78, 5) is 29.9. The van der Waals surface area contributed by atoms with Crippen LogP contribution in [0.2, 0.25) is 5.02 Å². The van der Waals surface area contributed by atoms with Gasteiger partial charge < -0.3 is 29.5 Å². The van der Waals surface area contributed by atoms with Gasteiger partial charge in [0, 0.05) is 18.7 Å². The smallest absolute Gasteiger partial charge is 0.295 e. The van der Waals surface area contributed by atoms with Crippen LogP contribution in [0, 0.1) is 0 Å². The molecule has 2 aromatic carbocycles. The number of nitrogens with zero attached hydrogens (tertiary/aromatic N) is 2. The van der Waals surface area contributed by atoms with Crippen LogP contribution in [-0.4, -0.2) is 71.6 Å². The van der Waals surface area contributed by atoms with Crippen LogP contribution in [0.3, 0.4) is 0 Å². The Morgan fingerprint density at radius 3 is 2.40 bits per heavy atom. The van der Waals surface area contributed by atoms with Crippen molar-refractivity contribution in [2.75, 3.05) is 39.9 Å². The summed E-state index contributed by atoms with van der Waals surface area (Å²) in [6.45, 7) is 8.72. The SMILES string of the molecule is CCOc1ccc(C(O)=C2C(=O)C(=O)N(CCN(CC)CC)[C@H]2c2ccc(O)c(OC)c2)cc1Cl. The second-order valence-electron chi connectivity index (χ2n) is 8.03. The van der Waals surface area contributed by atoms with E-state index in [1.54, 1.807) is 24.3 Å². The summed E-state index contributed by atoms with van der Waals surface area (Å²) >= 11 is 6.31. The number of phenolic OH excluding ortho intramolecular Hbond substituents is 1. The van der Waals surface area contributed by atoms with Crippen molar-refractivity contribution in [1.82, 2.24) is 9.80 Å². The summed E-state index contributed by atoms with van der Waals surface area (Å²) < 4.78 is 10.7. The molecular formula is C26H31ClN2O6. The number of hydrogen-bond acceptors (Lipinski definition) is 7. The number of aliphatic hydroxyl groups excluding tert-OH is 1. The van der Waals surface area contributed by atoms with Gasteiger partial charge in [0.1, 0.15) is 11.5 Å². The minimum atomic E-state index is -0.870. The molecule has 35 heavy (non-hydrogen) atoms. The molecule has 2 N–H and O–H groups in total. The molecule has 188 valence electrons. The molecule has 8 nitrogen and oxygen atoms in total. The molecule has 1 fully saturated rings. The summed E-state index contributed by atoms with van der Waals surface area (Å²) in [5.74, 6) is -1.26. The average molecular weight is 503 g/mol. The molecule has 1 heterocycles. The van der Waals surface area contributed by atoms with Crippen molar-refractivity contribution in [1.29, 1.82) is 0 Å². The Bertz CT molecular complexity index is 1130. The molecule has 0 saturated carbocycles. The number of benzene rings is 2. The lowest BCUT2D eigenvalue weighted by atomic mass is 9.95. The standard InChI is InChI=1S/C26H31ClN2O6/c1-5-28(6-2)12-13-29-23(16-8-10-19(30)21(15-16)34-4)22(25(32)26(29)33)24(31)17-9-11-20(35-7-3)18(27)14-17/h8-11,14-15,23,30-31H,5-7,12-13H2,1-4H3/t23-/m0/s1. The Morgan fingerprint density at radius 1 is 1.09 bits per heavy atom. The second kappa shape index (κ2) is 11.5. The third-order valence-electron chi connectivity index (χ3n) is 6.12. The number of likely N-dealkylation sites (N-methyl/N-ethyl adjacent to an activating group) is 1. The third kappa shape index (κ3) is 5.39. The second-order valence-corrected chi connectivity index (χ2v) is 8.44. The molecule has 9 heteroatoms. The summed E-state index contributed by atoms with van der Waals surface area (Å²) in [5, 5.41) is 21.6. The lowest BCUT2D eigenvalue weighted by Gasteiger charge is -2.28. The van der Waals surface area contributed by atoms with Gasteiger partial charge in [-0.2, -0.15) is 0 Å². The number of Topliss-reactive ketones (excluding diaryl/α,β-unsaturated/α-hetero) is 1. The van der Waals surface area contributed by atoms with Crippen LogP contribution in [0.15, 0.2) is 42.0 Å². The number of ketones is 1. The maximum Gasteiger partial charge on any atom is 0.295 e. The highest BCUT2D eigenvalue weighted by Crippen LogP contribution is 2.42. The van der Waals surface area contributed by atoms with E-state index >= 15 is 0 Å². The van der Waals surface area contributed by atoms with E-state index in [9.17, 15) is 19.8 Å². The van der Waals surface area contributed by atoms with Gasteiger partial charge in [0.2, 0.25) is 0 Å². The zero-order valence-electron chi connectivity index (χ0n) is 20.4. The largest absolute Gasteiger partial charge is 0.507 e. The molecular weight excluding hydrogens is 472 g/mol. The van der Waals surface area contributed by atoms with Crippen molar-refractivity contribution in [3.63, 3.8) is 0 Å². The van der Waals surface area contributed by atoms with Gasteiger partial charge in [-0.15, -0.1) is 0 Å². The maximum absolute atomic E-state index is 13.2. The molecule has 1 atom stereocenters. The van der Waals surface area contributed by atoms with Crippen molar-refractivity contribution in [3.8, 4) is 17.2 Å². The zero-order chi connectivity index (χ0) is 25.7. The lowest BCUT2D eigenvalue weighted by molar-refractivity contribution is -0.140. The van der Waals surface area contributed by atoms with Crippen molar-refractivity contribution in [3.05, 3.63) is 58.1 Å². The normalized spacial score (nSPS) is 17.3. The topological polar surface area (TPSA) is 99.5 Å². The lowest BCUT2D eigenvalue weighted by Crippen LogP contribution is -2.38. The van der Waals surface area contributed by atoms with Crippen LogP contribution >= 0.6 is 11.6 Å². The number of rotatable bonds is 10. The number of methoxy groups -OCH3 is 1. The van der Waals surface area contributed by atoms with Crippen LogP contribution in [0.25, 0.3) is 5.76 Å². The Kier molecular flexibility index (Phi) is 8.64. The quantitative estimate of drug-likeness (QED) is 0.285. The predicted molar refractivity (Wildman–Crippen MR) is 134 cm³/mol. The fraction of sp³-hybridized carbons (Fsp3) is 0.385. The number of hydrogen-bond donors (Lipinski definition) is 2. The van der Waals surface area contributed by atoms with Gasteiger partial charge in [0.05, 0.1) is 30.4 Å². The fourth-order valence-electron chi connectivity index (χ4n) is 4.19. The van der Waals surface area contributed by atoms with E-state index in [0.29, 0.717) is 24.5 Å². The van der Waals surface area contributed by atoms with E-state index in [1.807, 2.05) is 20.8 Å². The highest BCUT2D eigenvalue weighted by atomic mass is 35.5. The van der Waals surface area contributed by atoms with E-state index in [2.05, 4.69) is 4.90 Å². The first-order valence-corrected chi connectivity index (χ1v) is 11.9. The Hall–Kier alpha value is -3.23. The number of carbonyl (C=O) groups is 2. The number of halogens is 1. The van der Waals surface area contributed by atoms with Crippen LogP contribution in [-0.2, 0) is 9.59 Å². The first kappa shape index (κ1) is 26.4. The highest BCUT2D eigenvalue weighted by Gasteiger charge is 2.46. The van der Waals surface area contributed by atoms with Crippen molar-refractivity contribution < 1.29 is 29.3 Å². The van der Waals surface area contributed by atoms with E-state index in [1.165, 1.54) is 24.1 Å². The molecule has 0 bridgehead atoms. The molecule has 0 spiro atoms. The van der Waals surface area contributed by atoms with Gasteiger partial charge in [-0.25, -0.2) is 0 Å². The Labute approximate surface area is 210 Å². The monoisotopic (exact) mass is 502 g/mol. The molecule has 0 aromatic heterocycles. The van der Waals surface area contributed by atoms with Crippen LogP contribution in [0.5, 0.6) is 17.2 Å². The minimum absolute atomic E-state index is 0.0532. The summed E-state index contributed by atoms with van der Waals surface area (Å²) in [5.41, 5.74) is 0.760. The predicted octanol–water partition coefficient (Wildman–Crippen LogP) is 4.22. The molecule has 0 aliphatic carbocycles. The number of aliphatic hydroxyl groups is 1. The Morgan fingerprint density at radius 2 is 1.80 bits per heavy atom. The van der Waals surface area contributed by atoms with Gasteiger partial charge in [0.25, 0.3) is 11.7 Å². The average Bonchev–Trinajstić information content (AvgIpc) is 3.11. The number of phenols is 1. The molecule has 0 radical (unpaired) electrons. The molecule has 1 saturated heterocycles. The Balaban J connectivity index is 2.14. The molecule has 1 aliphatic rings. The molecule has 1 amide bonds.